The predicted octanol–water partition coefficient (Wildman–Crippen LogP) is 12.0. The van der Waals surface area contributed by atoms with Crippen molar-refractivity contribution in [1.29, 1.82) is 0 Å². The molecule has 0 aromatic heterocycles. The normalized spacial score (nSPS) is 13.9. The first-order chi connectivity index (χ1) is 24.6. The number of likely N-dealkylation sites (N-methyl/N-ethyl adjacent to an activating group) is 1. The quantitative estimate of drug-likeness (QED) is 0.0212. The van der Waals surface area contributed by atoms with Gasteiger partial charge in [-0.05, 0) is 32.1 Å². The summed E-state index contributed by atoms with van der Waals surface area (Å²) in [5, 5.41) is 9.91. The van der Waals surface area contributed by atoms with E-state index in [1.165, 1.54) is 167 Å². The second-order valence-electron chi connectivity index (χ2n) is 15.9. The van der Waals surface area contributed by atoms with E-state index >= 15 is 0 Å². The zero-order valence-corrected chi connectivity index (χ0v) is 35.0. The van der Waals surface area contributed by atoms with Gasteiger partial charge in [-0.2, -0.15) is 0 Å². The van der Waals surface area contributed by atoms with Crippen molar-refractivity contribution in [3.8, 4) is 0 Å². The highest BCUT2D eigenvalue weighted by molar-refractivity contribution is 7.47. The fourth-order valence-corrected chi connectivity index (χ4v) is 6.87. The zero-order valence-electron chi connectivity index (χ0n) is 34.1. The van der Waals surface area contributed by atoms with E-state index in [4.69, 9.17) is 13.8 Å². The van der Waals surface area contributed by atoms with Crippen LogP contribution >= 0.6 is 7.82 Å². The lowest BCUT2D eigenvalue weighted by Gasteiger charge is -2.24. The molecule has 0 rings (SSSR count). The van der Waals surface area contributed by atoms with Gasteiger partial charge in [0, 0.05) is 6.42 Å². The van der Waals surface area contributed by atoms with E-state index in [-0.39, 0.29) is 19.2 Å². The highest BCUT2D eigenvalue weighted by Gasteiger charge is 2.24. The van der Waals surface area contributed by atoms with Crippen molar-refractivity contribution < 1.29 is 37.6 Å². The van der Waals surface area contributed by atoms with E-state index in [1.54, 1.807) is 0 Å². The summed E-state index contributed by atoms with van der Waals surface area (Å²) >= 11 is 0. The van der Waals surface area contributed by atoms with E-state index in [2.05, 4.69) is 19.1 Å². The molecular formula is C42H85NO7P+. The first-order valence-corrected chi connectivity index (χ1v) is 23.0. The Bertz CT molecular complexity index is 833. The van der Waals surface area contributed by atoms with Gasteiger partial charge in [0.2, 0.25) is 0 Å². The molecule has 0 aliphatic carbocycles. The van der Waals surface area contributed by atoms with Gasteiger partial charge < -0.3 is 19.2 Å². The second-order valence-corrected chi connectivity index (χ2v) is 17.4. The lowest BCUT2D eigenvalue weighted by molar-refractivity contribution is -0.870. The molecule has 0 aromatic carbocycles. The van der Waals surface area contributed by atoms with Gasteiger partial charge in [-0.1, -0.05) is 173 Å². The standard InChI is InChI=1S/C42H84NO7P/c1-5-6-7-8-9-10-11-12-13-14-15-16-17-18-19-20-21-22-23-24-25-26-27-28-29-30-31-32-33-34-35-36-42(45)48-39-41(44)40-50-51(46,47)49-38-37-43(2,3)4/h14-15,41,44H,5-13,16-40H2,1-4H3/p+1/b15-14-. The largest absolute Gasteiger partial charge is 0.472 e. The van der Waals surface area contributed by atoms with E-state index in [1.807, 2.05) is 21.1 Å². The third kappa shape index (κ3) is 41.9. The second kappa shape index (κ2) is 36.2. The van der Waals surface area contributed by atoms with Crippen LogP contribution in [-0.4, -0.2) is 74.1 Å². The molecular weight excluding hydrogens is 661 g/mol. The molecule has 0 aromatic rings. The summed E-state index contributed by atoms with van der Waals surface area (Å²) < 4.78 is 27.2. The van der Waals surface area contributed by atoms with Crippen molar-refractivity contribution in [3.05, 3.63) is 12.2 Å². The topological polar surface area (TPSA) is 102 Å². The third-order valence-corrected chi connectivity index (χ3v) is 10.5. The summed E-state index contributed by atoms with van der Waals surface area (Å²) in [6, 6.07) is 0. The SMILES string of the molecule is CCCCCCCCCC/C=C\CCCCCCCCCCCCCCCCCCCCCC(=O)OCC(O)COP(=O)(O)OCC[N+](C)(C)C. The Balaban J connectivity index is 3.33. The van der Waals surface area contributed by atoms with Crippen LogP contribution < -0.4 is 0 Å². The van der Waals surface area contributed by atoms with E-state index in [9.17, 15) is 19.4 Å². The molecule has 2 N–H and O–H groups in total. The number of phosphoric ester groups is 1. The third-order valence-electron chi connectivity index (χ3n) is 9.53. The molecule has 0 saturated carbocycles. The number of carbonyl (C=O) groups excluding carboxylic acids is 1. The molecule has 2 atom stereocenters. The van der Waals surface area contributed by atoms with Crippen LogP contribution in [0.5, 0.6) is 0 Å². The number of carbonyl (C=O) groups is 1. The Labute approximate surface area is 316 Å². The zero-order chi connectivity index (χ0) is 37.7. The van der Waals surface area contributed by atoms with Crippen molar-refractivity contribution in [1.82, 2.24) is 0 Å². The number of esters is 1. The van der Waals surface area contributed by atoms with Gasteiger partial charge in [0.25, 0.3) is 0 Å². The Kier molecular flexibility index (Phi) is 35.7. The molecule has 0 aliphatic heterocycles. The van der Waals surface area contributed by atoms with Crippen molar-refractivity contribution in [2.75, 3.05) is 47.5 Å². The minimum atomic E-state index is -4.25. The van der Waals surface area contributed by atoms with E-state index in [0.717, 1.165) is 19.3 Å². The number of quaternary nitrogens is 1. The lowest BCUT2D eigenvalue weighted by Crippen LogP contribution is -2.37. The fraction of sp³-hybridized carbons (Fsp3) is 0.929. The van der Waals surface area contributed by atoms with Crippen LogP contribution in [0.3, 0.4) is 0 Å². The molecule has 0 radical (unpaired) electrons. The van der Waals surface area contributed by atoms with Crippen LogP contribution in [-0.2, 0) is 23.1 Å². The molecule has 0 bridgehead atoms. The van der Waals surface area contributed by atoms with Gasteiger partial charge in [0.1, 0.15) is 25.9 Å². The van der Waals surface area contributed by atoms with Crippen molar-refractivity contribution in [3.63, 3.8) is 0 Å². The van der Waals surface area contributed by atoms with Crippen LogP contribution in [0.1, 0.15) is 200 Å². The number of aliphatic hydroxyl groups is 1. The molecule has 0 fully saturated rings. The number of rotatable bonds is 40. The van der Waals surface area contributed by atoms with Crippen LogP contribution in [0, 0.1) is 0 Å². The van der Waals surface area contributed by atoms with Crippen LogP contribution in [0.15, 0.2) is 12.2 Å². The van der Waals surface area contributed by atoms with Gasteiger partial charge in [0.15, 0.2) is 0 Å². The molecule has 2 unspecified atom stereocenters. The number of hydrogen-bond donors (Lipinski definition) is 2. The highest BCUT2D eigenvalue weighted by atomic mass is 31.2. The molecule has 0 saturated heterocycles. The van der Waals surface area contributed by atoms with Crippen LogP contribution in [0.25, 0.3) is 0 Å². The van der Waals surface area contributed by atoms with Gasteiger partial charge in [0.05, 0.1) is 27.7 Å². The predicted molar refractivity (Wildman–Crippen MR) is 215 cm³/mol. The number of hydrogen-bond acceptors (Lipinski definition) is 6. The summed E-state index contributed by atoms with van der Waals surface area (Å²) in [4.78, 5) is 21.6. The minimum Gasteiger partial charge on any atom is -0.463 e. The smallest absolute Gasteiger partial charge is 0.463 e. The van der Waals surface area contributed by atoms with Crippen molar-refractivity contribution in [2.45, 2.75) is 206 Å². The molecule has 0 aliphatic rings. The van der Waals surface area contributed by atoms with Gasteiger partial charge in [-0.25, -0.2) is 4.57 Å². The molecule has 8 nitrogen and oxygen atoms in total. The minimum absolute atomic E-state index is 0.0566. The van der Waals surface area contributed by atoms with Crippen LogP contribution in [0.2, 0.25) is 0 Å². The van der Waals surface area contributed by atoms with Crippen molar-refractivity contribution in [2.24, 2.45) is 0 Å². The van der Waals surface area contributed by atoms with Crippen molar-refractivity contribution >= 4 is 13.8 Å². The number of ether oxygens (including phenoxy) is 1. The van der Waals surface area contributed by atoms with Crippen LogP contribution in [0.4, 0.5) is 0 Å². The van der Waals surface area contributed by atoms with Gasteiger partial charge >= 0.3 is 13.8 Å². The summed E-state index contributed by atoms with van der Waals surface area (Å²) in [5.41, 5.74) is 0. The lowest BCUT2D eigenvalue weighted by atomic mass is 10.0. The first kappa shape index (κ1) is 50.2. The Morgan fingerprint density at radius 1 is 0.588 bits per heavy atom. The summed E-state index contributed by atoms with van der Waals surface area (Å²) in [6.45, 7) is 2.17. The average molecular weight is 747 g/mol. The van der Waals surface area contributed by atoms with E-state index in [0.29, 0.717) is 17.4 Å². The number of unbranched alkanes of at least 4 members (excludes halogenated alkanes) is 27. The maximum atomic E-state index is 11.9. The maximum Gasteiger partial charge on any atom is 0.472 e. The molecule has 9 heteroatoms. The number of aliphatic hydroxyl groups excluding tert-OH is 1. The van der Waals surface area contributed by atoms with Gasteiger partial charge in [-0.15, -0.1) is 0 Å². The first-order valence-electron chi connectivity index (χ1n) is 21.5. The molecule has 0 heterocycles. The number of allylic oxidation sites excluding steroid dienone is 2. The Morgan fingerprint density at radius 3 is 1.35 bits per heavy atom. The summed E-state index contributed by atoms with van der Waals surface area (Å²) in [6.07, 6.45) is 42.6. The highest BCUT2D eigenvalue weighted by Crippen LogP contribution is 2.43. The fourth-order valence-electron chi connectivity index (χ4n) is 6.13. The maximum absolute atomic E-state index is 11.9. The summed E-state index contributed by atoms with van der Waals surface area (Å²) in [7, 11) is 1.57. The molecule has 51 heavy (non-hydrogen) atoms. The number of phosphoric acid groups is 1. The Hall–Kier alpha value is -0.760. The molecule has 0 amide bonds. The van der Waals surface area contributed by atoms with Gasteiger partial charge in [-0.3, -0.25) is 13.8 Å². The Morgan fingerprint density at radius 2 is 0.961 bits per heavy atom. The molecule has 0 spiro atoms. The van der Waals surface area contributed by atoms with E-state index < -0.39 is 20.5 Å². The monoisotopic (exact) mass is 747 g/mol. The average Bonchev–Trinajstić information content (AvgIpc) is 3.08. The molecule has 304 valence electrons. The summed E-state index contributed by atoms with van der Waals surface area (Å²) in [5.74, 6) is -0.367. The number of nitrogens with zero attached hydrogens (tertiary/aromatic N) is 1.